The average Bonchev–Trinajstić information content (AvgIpc) is 3.01. The Labute approximate surface area is 139 Å². The molecular weight excluding hydrogens is 315 g/mol. The maximum Gasteiger partial charge on any atom is 0.326 e. The molecule has 3 rings (SSSR count). The first-order valence-corrected chi connectivity index (χ1v) is 7.82. The molecule has 0 bridgehead atoms. The van der Waals surface area contributed by atoms with E-state index in [1.807, 2.05) is 0 Å². The number of nitrogens with one attached hydrogen (secondary N) is 1. The predicted molar refractivity (Wildman–Crippen MR) is 82.1 cm³/mol. The Kier molecular flexibility index (Phi) is 3.91. The fourth-order valence-electron chi connectivity index (χ4n) is 3.90. The molecule has 0 aromatic heterocycles. The maximum atomic E-state index is 13.6. The van der Waals surface area contributed by atoms with Crippen LogP contribution in [0.4, 0.5) is 4.39 Å². The van der Waals surface area contributed by atoms with E-state index < -0.39 is 41.1 Å². The second-order valence-electron chi connectivity index (χ2n) is 6.30. The first-order valence-electron chi connectivity index (χ1n) is 7.82. The van der Waals surface area contributed by atoms with Crippen molar-refractivity contribution in [1.82, 2.24) is 10.2 Å². The highest BCUT2D eigenvalue weighted by molar-refractivity contribution is 6.09. The van der Waals surface area contributed by atoms with E-state index in [9.17, 15) is 18.8 Å². The molecule has 2 amide bonds. The molecule has 6 nitrogen and oxygen atoms in total. The number of ether oxygens (including phenoxy) is 1. The smallest absolute Gasteiger partial charge is 0.326 e. The first-order chi connectivity index (χ1) is 11.3. The van der Waals surface area contributed by atoms with Crippen LogP contribution in [0.25, 0.3) is 0 Å². The molecule has 0 unspecified atom stereocenters. The number of imide groups is 1. The van der Waals surface area contributed by atoms with Crippen LogP contribution < -0.4 is 5.32 Å². The molecule has 2 heterocycles. The van der Waals surface area contributed by atoms with Crippen molar-refractivity contribution in [2.75, 3.05) is 13.7 Å². The van der Waals surface area contributed by atoms with E-state index in [2.05, 4.69) is 5.32 Å². The summed E-state index contributed by atoms with van der Waals surface area (Å²) in [7, 11) is 1.23. The number of esters is 1. The van der Waals surface area contributed by atoms with Crippen LogP contribution >= 0.6 is 0 Å². The van der Waals surface area contributed by atoms with Crippen molar-refractivity contribution in [3.05, 3.63) is 35.6 Å². The van der Waals surface area contributed by atoms with Gasteiger partial charge >= 0.3 is 5.97 Å². The monoisotopic (exact) mass is 334 g/mol. The summed E-state index contributed by atoms with van der Waals surface area (Å²) in [5, 5.41) is 3.06. The summed E-state index contributed by atoms with van der Waals surface area (Å²) in [5.41, 5.74) is -0.815. The Balaban J connectivity index is 2.11. The van der Waals surface area contributed by atoms with Crippen LogP contribution in [0.2, 0.25) is 0 Å². The molecule has 24 heavy (non-hydrogen) atoms. The van der Waals surface area contributed by atoms with E-state index in [0.717, 1.165) is 4.90 Å². The summed E-state index contributed by atoms with van der Waals surface area (Å²) < 4.78 is 18.5. The number of methoxy groups -OCH3 is 1. The Bertz CT molecular complexity index is 722. The number of hydrogen-bond donors (Lipinski definition) is 1. The van der Waals surface area contributed by atoms with Gasteiger partial charge in [0.1, 0.15) is 11.4 Å². The number of benzene rings is 1. The van der Waals surface area contributed by atoms with Crippen molar-refractivity contribution in [2.45, 2.75) is 25.4 Å². The van der Waals surface area contributed by atoms with Gasteiger partial charge < -0.3 is 4.74 Å². The molecule has 2 aliphatic heterocycles. The van der Waals surface area contributed by atoms with E-state index in [0.29, 0.717) is 5.56 Å². The SMILES string of the molecule is CCN1C(=O)[C@@H]2[C@@H](c3cccc(F)c3)N[C@@](C)(C(=O)OC)[C@@H]2C1=O. The molecule has 0 spiro atoms. The highest BCUT2D eigenvalue weighted by Gasteiger charge is 2.66. The van der Waals surface area contributed by atoms with Gasteiger partial charge in [0.15, 0.2) is 0 Å². The summed E-state index contributed by atoms with van der Waals surface area (Å²) in [5.74, 6) is -3.43. The molecule has 128 valence electrons. The Morgan fingerprint density at radius 1 is 1.38 bits per heavy atom. The molecule has 1 aromatic rings. The molecule has 2 aliphatic rings. The summed E-state index contributed by atoms with van der Waals surface area (Å²) in [6, 6.07) is 5.18. The fourth-order valence-corrected chi connectivity index (χ4v) is 3.90. The van der Waals surface area contributed by atoms with E-state index in [4.69, 9.17) is 4.74 Å². The molecule has 1 aromatic carbocycles. The van der Waals surface area contributed by atoms with Gasteiger partial charge in [-0.3, -0.25) is 24.6 Å². The third kappa shape index (κ3) is 2.15. The lowest BCUT2D eigenvalue weighted by molar-refractivity contribution is -0.153. The van der Waals surface area contributed by atoms with Crippen LogP contribution in [0, 0.1) is 17.7 Å². The minimum absolute atomic E-state index is 0.234. The zero-order chi connectivity index (χ0) is 17.6. The van der Waals surface area contributed by atoms with E-state index in [1.54, 1.807) is 19.9 Å². The summed E-state index contributed by atoms with van der Waals surface area (Å²) in [6.07, 6.45) is 0. The first kappa shape index (κ1) is 16.6. The minimum atomic E-state index is -1.34. The second kappa shape index (κ2) is 5.66. The quantitative estimate of drug-likeness (QED) is 0.660. The van der Waals surface area contributed by atoms with Crippen molar-refractivity contribution >= 4 is 17.8 Å². The van der Waals surface area contributed by atoms with Crippen LogP contribution in [-0.2, 0) is 19.1 Å². The number of carbonyl (C=O) groups is 3. The number of carbonyl (C=O) groups excluding carboxylic acids is 3. The Hall–Kier alpha value is -2.28. The van der Waals surface area contributed by atoms with Crippen molar-refractivity contribution in [3.63, 3.8) is 0 Å². The molecule has 2 saturated heterocycles. The molecule has 2 fully saturated rings. The largest absolute Gasteiger partial charge is 0.468 e. The highest BCUT2D eigenvalue weighted by atomic mass is 19.1. The van der Waals surface area contributed by atoms with Crippen LogP contribution in [0.1, 0.15) is 25.5 Å². The third-order valence-corrected chi connectivity index (χ3v) is 5.01. The van der Waals surface area contributed by atoms with Crippen molar-refractivity contribution in [1.29, 1.82) is 0 Å². The summed E-state index contributed by atoms with van der Waals surface area (Å²) >= 11 is 0. The number of nitrogens with zero attached hydrogens (tertiary/aromatic N) is 1. The van der Waals surface area contributed by atoms with Gasteiger partial charge in [0.2, 0.25) is 11.8 Å². The third-order valence-electron chi connectivity index (χ3n) is 5.01. The molecule has 0 saturated carbocycles. The number of rotatable bonds is 3. The fraction of sp³-hybridized carbons (Fsp3) is 0.471. The summed E-state index contributed by atoms with van der Waals surface area (Å²) in [6.45, 7) is 3.49. The number of likely N-dealkylation sites (tertiary alicyclic amines) is 1. The van der Waals surface area contributed by atoms with Crippen molar-refractivity contribution in [2.24, 2.45) is 11.8 Å². The number of fused-ring (bicyclic) bond motifs is 1. The Morgan fingerprint density at radius 3 is 2.67 bits per heavy atom. The summed E-state index contributed by atoms with van der Waals surface area (Å²) in [4.78, 5) is 38.9. The number of hydrogen-bond acceptors (Lipinski definition) is 5. The van der Waals surface area contributed by atoms with Gasteiger partial charge in [0, 0.05) is 12.6 Å². The van der Waals surface area contributed by atoms with E-state index in [1.165, 1.54) is 25.3 Å². The second-order valence-corrected chi connectivity index (χ2v) is 6.30. The molecule has 4 atom stereocenters. The highest BCUT2D eigenvalue weighted by Crippen LogP contribution is 2.48. The predicted octanol–water partition coefficient (Wildman–Crippen LogP) is 1.02. The van der Waals surface area contributed by atoms with Gasteiger partial charge in [0.25, 0.3) is 0 Å². The lowest BCUT2D eigenvalue weighted by Gasteiger charge is -2.28. The molecular formula is C17H19FN2O4. The lowest BCUT2D eigenvalue weighted by Crippen LogP contribution is -2.53. The molecule has 0 aliphatic carbocycles. The van der Waals surface area contributed by atoms with Gasteiger partial charge in [-0.25, -0.2) is 4.39 Å². The van der Waals surface area contributed by atoms with Crippen LogP contribution in [0.5, 0.6) is 0 Å². The zero-order valence-electron chi connectivity index (χ0n) is 13.7. The van der Waals surface area contributed by atoms with Gasteiger partial charge in [-0.2, -0.15) is 0 Å². The van der Waals surface area contributed by atoms with E-state index >= 15 is 0 Å². The van der Waals surface area contributed by atoms with Crippen molar-refractivity contribution < 1.29 is 23.5 Å². The van der Waals surface area contributed by atoms with Gasteiger partial charge in [-0.15, -0.1) is 0 Å². The lowest BCUT2D eigenvalue weighted by atomic mass is 9.80. The normalized spacial score (nSPS) is 32.2. The van der Waals surface area contributed by atoms with Gasteiger partial charge in [0.05, 0.1) is 18.9 Å². The van der Waals surface area contributed by atoms with E-state index in [-0.39, 0.29) is 12.5 Å². The van der Waals surface area contributed by atoms with Crippen LogP contribution in [0.15, 0.2) is 24.3 Å². The van der Waals surface area contributed by atoms with Crippen LogP contribution in [-0.4, -0.2) is 41.9 Å². The zero-order valence-corrected chi connectivity index (χ0v) is 13.7. The van der Waals surface area contributed by atoms with Gasteiger partial charge in [-0.1, -0.05) is 12.1 Å². The van der Waals surface area contributed by atoms with Crippen molar-refractivity contribution in [3.8, 4) is 0 Å². The number of amides is 2. The molecule has 7 heteroatoms. The minimum Gasteiger partial charge on any atom is -0.468 e. The van der Waals surface area contributed by atoms with Gasteiger partial charge in [-0.05, 0) is 31.5 Å². The number of halogens is 1. The standard InChI is InChI=1S/C17H19FN2O4/c1-4-20-14(21)11-12(15(20)22)17(2,16(23)24-3)19-13(11)9-6-5-7-10(18)8-9/h5-8,11-13,19H,4H2,1-3H3/t11-,12-,13+,17+/m0/s1. The molecule has 0 radical (unpaired) electrons. The Morgan fingerprint density at radius 2 is 2.08 bits per heavy atom. The topological polar surface area (TPSA) is 75.7 Å². The molecule has 1 N–H and O–H groups in total. The van der Waals surface area contributed by atoms with Crippen LogP contribution in [0.3, 0.4) is 0 Å². The maximum absolute atomic E-state index is 13.6. The average molecular weight is 334 g/mol.